The maximum absolute atomic E-state index is 12.9. The fraction of sp³-hybridized carbons (Fsp3) is 0.143. The van der Waals surface area contributed by atoms with Crippen LogP contribution in [0.1, 0.15) is 17.2 Å². The first kappa shape index (κ1) is 15.3. The Bertz CT molecular complexity index is 599. The van der Waals surface area contributed by atoms with Gasteiger partial charge in [0.25, 0.3) is 0 Å². The zero-order valence-corrected chi connectivity index (χ0v) is 10.7. The smallest absolute Gasteiger partial charge is 0.405 e. The van der Waals surface area contributed by atoms with Crippen LogP contribution in [0.5, 0.6) is 5.75 Å². The number of halogens is 4. The molecule has 0 fully saturated rings. The highest BCUT2D eigenvalue weighted by atomic mass is 19.4. The van der Waals surface area contributed by atoms with Gasteiger partial charge in [0.1, 0.15) is 11.6 Å². The van der Waals surface area contributed by atoms with Crippen molar-refractivity contribution >= 4 is 0 Å². The molecule has 3 nitrogen and oxygen atoms in total. The van der Waals surface area contributed by atoms with E-state index in [1.54, 1.807) is 6.07 Å². The Hall–Kier alpha value is -2.12. The highest BCUT2D eigenvalue weighted by Gasteiger charge is 2.33. The summed E-state index contributed by atoms with van der Waals surface area (Å²) in [5.74, 6) is 4.61. The average molecular weight is 300 g/mol. The van der Waals surface area contributed by atoms with Crippen LogP contribution in [0.3, 0.4) is 0 Å². The minimum atomic E-state index is -4.81. The molecule has 112 valence electrons. The van der Waals surface area contributed by atoms with Gasteiger partial charge >= 0.3 is 6.36 Å². The van der Waals surface area contributed by atoms with Gasteiger partial charge in [0.2, 0.25) is 0 Å². The van der Waals surface area contributed by atoms with Crippen molar-refractivity contribution in [3.05, 3.63) is 65.5 Å². The van der Waals surface area contributed by atoms with Crippen molar-refractivity contribution in [3.8, 4) is 5.75 Å². The zero-order valence-electron chi connectivity index (χ0n) is 10.7. The number of hydrogen-bond acceptors (Lipinski definition) is 3. The van der Waals surface area contributed by atoms with Crippen LogP contribution in [0.25, 0.3) is 0 Å². The molecule has 0 aliphatic heterocycles. The lowest BCUT2D eigenvalue weighted by Crippen LogP contribution is -2.30. The summed E-state index contributed by atoms with van der Waals surface area (Å²) >= 11 is 0. The Kier molecular flexibility index (Phi) is 4.44. The van der Waals surface area contributed by atoms with Gasteiger partial charge in [-0.15, -0.1) is 13.2 Å². The van der Waals surface area contributed by atoms with E-state index in [2.05, 4.69) is 10.2 Å². The summed E-state index contributed by atoms with van der Waals surface area (Å²) in [6.07, 6.45) is -4.81. The first-order chi connectivity index (χ1) is 9.90. The van der Waals surface area contributed by atoms with Crippen LogP contribution in [0, 0.1) is 5.82 Å². The van der Waals surface area contributed by atoms with Gasteiger partial charge in [0, 0.05) is 5.56 Å². The molecular formula is C14H12F4N2O. The summed E-state index contributed by atoms with van der Waals surface area (Å²) in [5.41, 5.74) is 3.12. The molecule has 0 saturated carbocycles. The quantitative estimate of drug-likeness (QED) is 0.517. The lowest BCUT2D eigenvalue weighted by Gasteiger charge is -2.20. The number of hydrazine groups is 1. The monoisotopic (exact) mass is 300 g/mol. The highest BCUT2D eigenvalue weighted by molar-refractivity contribution is 5.41. The number of nitrogens with two attached hydrogens (primary N) is 1. The van der Waals surface area contributed by atoms with E-state index < -0.39 is 18.2 Å². The normalized spacial score (nSPS) is 13.0. The third kappa shape index (κ3) is 3.93. The topological polar surface area (TPSA) is 47.3 Å². The van der Waals surface area contributed by atoms with Crippen molar-refractivity contribution in [2.45, 2.75) is 12.4 Å². The molecule has 0 bridgehead atoms. The molecule has 2 aromatic rings. The molecule has 0 radical (unpaired) electrons. The first-order valence-corrected chi connectivity index (χ1v) is 5.97. The van der Waals surface area contributed by atoms with Gasteiger partial charge in [0.15, 0.2) is 0 Å². The molecule has 0 aliphatic carbocycles. The largest absolute Gasteiger partial charge is 0.573 e. The molecule has 21 heavy (non-hydrogen) atoms. The Labute approximate surface area is 118 Å². The van der Waals surface area contributed by atoms with E-state index >= 15 is 0 Å². The molecule has 0 amide bonds. The molecule has 0 saturated heterocycles. The summed E-state index contributed by atoms with van der Waals surface area (Å²) in [7, 11) is 0. The predicted molar refractivity (Wildman–Crippen MR) is 68.7 cm³/mol. The van der Waals surface area contributed by atoms with Gasteiger partial charge in [-0.2, -0.15) is 0 Å². The minimum absolute atomic E-state index is 0.198. The van der Waals surface area contributed by atoms with E-state index in [1.165, 1.54) is 42.5 Å². The highest BCUT2D eigenvalue weighted by Crippen LogP contribution is 2.33. The number of para-hydroxylation sites is 1. The second kappa shape index (κ2) is 6.11. The summed E-state index contributed by atoms with van der Waals surface area (Å²) in [4.78, 5) is 0. The number of ether oxygens (including phenoxy) is 1. The van der Waals surface area contributed by atoms with Crippen LogP contribution < -0.4 is 16.0 Å². The van der Waals surface area contributed by atoms with Gasteiger partial charge in [-0.25, -0.2) is 9.82 Å². The predicted octanol–water partition coefficient (Wildman–Crippen LogP) is 3.28. The molecule has 0 aliphatic rings. The molecule has 1 unspecified atom stereocenters. The van der Waals surface area contributed by atoms with Crippen molar-refractivity contribution in [3.63, 3.8) is 0 Å². The zero-order chi connectivity index (χ0) is 15.5. The minimum Gasteiger partial charge on any atom is -0.405 e. The van der Waals surface area contributed by atoms with Crippen molar-refractivity contribution < 1.29 is 22.3 Å². The van der Waals surface area contributed by atoms with E-state index in [-0.39, 0.29) is 11.3 Å². The molecule has 1 atom stereocenters. The van der Waals surface area contributed by atoms with Gasteiger partial charge in [-0.05, 0) is 23.8 Å². The van der Waals surface area contributed by atoms with Crippen molar-refractivity contribution in [2.75, 3.05) is 0 Å². The van der Waals surface area contributed by atoms with Gasteiger partial charge < -0.3 is 4.74 Å². The summed E-state index contributed by atoms with van der Waals surface area (Å²) in [6, 6.07) is 10.1. The molecule has 2 aromatic carbocycles. The van der Waals surface area contributed by atoms with E-state index in [9.17, 15) is 17.6 Å². The maximum atomic E-state index is 12.9. The molecule has 0 spiro atoms. The lowest BCUT2D eigenvalue weighted by molar-refractivity contribution is -0.275. The van der Waals surface area contributed by atoms with E-state index in [0.29, 0.717) is 5.56 Å². The number of benzene rings is 2. The second-order valence-corrected chi connectivity index (χ2v) is 4.24. The second-order valence-electron chi connectivity index (χ2n) is 4.24. The molecular weight excluding hydrogens is 288 g/mol. The molecule has 3 N–H and O–H groups in total. The van der Waals surface area contributed by atoms with Crippen LogP contribution >= 0.6 is 0 Å². The van der Waals surface area contributed by atoms with Crippen LogP contribution in [0.15, 0.2) is 48.5 Å². The van der Waals surface area contributed by atoms with Crippen molar-refractivity contribution in [1.82, 2.24) is 5.43 Å². The van der Waals surface area contributed by atoms with Crippen LogP contribution in [0.2, 0.25) is 0 Å². The van der Waals surface area contributed by atoms with Crippen LogP contribution in [-0.2, 0) is 0 Å². The Morgan fingerprint density at radius 3 is 2.19 bits per heavy atom. The molecule has 0 heterocycles. The summed E-state index contributed by atoms with van der Waals surface area (Å²) in [5, 5.41) is 0. The number of hydrogen-bond donors (Lipinski definition) is 2. The Balaban J connectivity index is 2.40. The maximum Gasteiger partial charge on any atom is 0.573 e. The molecule has 7 heteroatoms. The standard InChI is InChI=1S/C14H12F4N2O/c15-10-7-5-9(6-8-10)13(20-19)11-3-1-2-4-12(11)21-14(16,17)18/h1-8,13,20H,19H2. The lowest BCUT2D eigenvalue weighted by atomic mass is 9.98. The number of nitrogens with one attached hydrogen (secondary N) is 1. The average Bonchev–Trinajstić information content (AvgIpc) is 2.42. The number of alkyl halides is 3. The molecule has 0 aromatic heterocycles. The van der Waals surface area contributed by atoms with Gasteiger partial charge in [-0.1, -0.05) is 30.3 Å². The number of rotatable bonds is 4. The SMILES string of the molecule is NNC(c1ccc(F)cc1)c1ccccc1OC(F)(F)F. The third-order valence-corrected chi connectivity index (χ3v) is 2.83. The van der Waals surface area contributed by atoms with Gasteiger partial charge in [0.05, 0.1) is 6.04 Å². The van der Waals surface area contributed by atoms with E-state index in [1.807, 2.05) is 0 Å². The summed E-state index contributed by atoms with van der Waals surface area (Å²) in [6.45, 7) is 0. The molecule has 2 rings (SSSR count). The van der Waals surface area contributed by atoms with Crippen LogP contribution in [-0.4, -0.2) is 6.36 Å². The van der Waals surface area contributed by atoms with E-state index in [0.717, 1.165) is 0 Å². The first-order valence-electron chi connectivity index (χ1n) is 5.97. The van der Waals surface area contributed by atoms with E-state index in [4.69, 9.17) is 5.84 Å². The Morgan fingerprint density at radius 2 is 1.62 bits per heavy atom. The fourth-order valence-corrected chi connectivity index (χ4v) is 1.96. The van der Waals surface area contributed by atoms with Gasteiger partial charge in [-0.3, -0.25) is 5.84 Å². The Morgan fingerprint density at radius 1 is 1.00 bits per heavy atom. The fourth-order valence-electron chi connectivity index (χ4n) is 1.96. The summed E-state index contributed by atoms with van der Waals surface area (Å²) < 4.78 is 54.2. The van der Waals surface area contributed by atoms with Crippen molar-refractivity contribution in [1.29, 1.82) is 0 Å². The third-order valence-electron chi connectivity index (χ3n) is 2.83. The van der Waals surface area contributed by atoms with Crippen molar-refractivity contribution in [2.24, 2.45) is 5.84 Å². The van der Waals surface area contributed by atoms with Crippen LogP contribution in [0.4, 0.5) is 17.6 Å².